The molecule has 1 heterocycles. The average molecular weight is 333 g/mol. The zero-order chi connectivity index (χ0) is 17.1. The third kappa shape index (κ3) is 3.73. The molecule has 0 unspecified atom stereocenters. The number of H-pyrrole nitrogens is 1. The van der Waals surface area contributed by atoms with E-state index in [4.69, 9.17) is 0 Å². The second kappa shape index (κ2) is 7.09. The number of hydrogen-bond acceptors (Lipinski definition) is 2. The van der Waals surface area contributed by atoms with Gasteiger partial charge in [-0.05, 0) is 36.6 Å². The molecule has 3 aromatic rings. The van der Waals surface area contributed by atoms with E-state index in [2.05, 4.69) is 27.4 Å². The molecule has 0 aliphatic heterocycles. The summed E-state index contributed by atoms with van der Waals surface area (Å²) in [5.41, 5.74) is 3.97. The Hall–Kier alpha value is -2.62. The van der Waals surface area contributed by atoms with Gasteiger partial charge in [0, 0.05) is 18.0 Å². The fourth-order valence-corrected chi connectivity index (χ4v) is 3.62. The second-order valence-electron chi connectivity index (χ2n) is 6.90. The number of benzene rings is 2. The number of amides is 1. The topological polar surface area (TPSA) is 57.8 Å². The number of nitrogens with zero attached hydrogens (tertiary/aromatic N) is 1. The van der Waals surface area contributed by atoms with Crippen molar-refractivity contribution in [2.75, 3.05) is 5.32 Å². The van der Waals surface area contributed by atoms with Crippen LogP contribution in [0.3, 0.4) is 0 Å². The lowest BCUT2D eigenvalue weighted by Crippen LogP contribution is -2.24. The lowest BCUT2D eigenvalue weighted by atomic mass is 9.88. The maximum absolute atomic E-state index is 12.4. The van der Waals surface area contributed by atoms with E-state index < -0.39 is 0 Å². The van der Waals surface area contributed by atoms with E-state index in [1.807, 2.05) is 36.4 Å². The van der Waals surface area contributed by atoms with Gasteiger partial charge in [-0.15, -0.1) is 0 Å². The Morgan fingerprint density at radius 3 is 2.68 bits per heavy atom. The van der Waals surface area contributed by atoms with Crippen molar-refractivity contribution in [1.82, 2.24) is 9.97 Å². The zero-order valence-corrected chi connectivity index (χ0v) is 14.3. The lowest BCUT2D eigenvalue weighted by molar-refractivity contribution is -0.120. The first-order valence-electron chi connectivity index (χ1n) is 9.11. The van der Waals surface area contributed by atoms with Crippen molar-refractivity contribution in [2.24, 2.45) is 5.92 Å². The lowest BCUT2D eigenvalue weighted by Gasteiger charge is -2.20. The van der Waals surface area contributed by atoms with Crippen LogP contribution in [0.2, 0.25) is 0 Å². The summed E-state index contributed by atoms with van der Waals surface area (Å²) in [6.07, 6.45) is 6.40. The third-order valence-corrected chi connectivity index (χ3v) is 4.99. The second-order valence-corrected chi connectivity index (χ2v) is 6.90. The number of fused-ring (bicyclic) bond motifs is 1. The van der Waals surface area contributed by atoms with Crippen LogP contribution in [0.1, 0.15) is 43.5 Å². The summed E-state index contributed by atoms with van der Waals surface area (Å²) < 4.78 is 0. The van der Waals surface area contributed by atoms with Crippen LogP contribution in [-0.2, 0) is 11.2 Å². The van der Waals surface area contributed by atoms with Gasteiger partial charge in [0.05, 0.1) is 11.0 Å². The summed E-state index contributed by atoms with van der Waals surface area (Å²) in [4.78, 5) is 20.4. The molecule has 1 fully saturated rings. The summed E-state index contributed by atoms with van der Waals surface area (Å²) in [6, 6.07) is 16.2. The van der Waals surface area contributed by atoms with E-state index in [0.717, 1.165) is 41.8 Å². The first kappa shape index (κ1) is 15.9. The fraction of sp³-hybridized carbons (Fsp3) is 0.333. The molecule has 0 saturated heterocycles. The molecule has 1 amide bonds. The molecule has 1 saturated carbocycles. The molecule has 0 spiro atoms. The van der Waals surface area contributed by atoms with E-state index >= 15 is 0 Å². The van der Waals surface area contributed by atoms with Crippen LogP contribution in [0.4, 0.5) is 5.69 Å². The fourth-order valence-electron chi connectivity index (χ4n) is 3.62. The molecule has 4 rings (SSSR count). The van der Waals surface area contributed by atoms with Gasteiger partial charge in [0.2, 0.25) is 5.91 Å². The van der Waals surface area contributed by atoms with Gasteiger partial charge in [-0.25, -0.2) is 4.98 Å². The van der Waals surface area contributed by atoms with E-state index in [1.54, 1.807) is 0 Å². The number of nitrogens with one attached hydrogen (secondary N) is 2. The van der Waals surface area contributed by atoms with Gasteiger partial charge in [0.15, 0.2) is 0 Å². The first-order chi connectivity index (χ1) is 12.3. The highest BCUT2D eigenvalue weighted by Crippen LogP contribution is 2.25. The minimum Gasteiger partial charge on any atom is -0.342 e. The Balaban J connectivity index is 1.49. The molecular weight excluding hydrogens is 310 g/mol. The highest BCUT2D eigenvalue weighted by Gasteiger charge is 2.21. The van der Waals surface area contributed by atoms with Gasteiger partial charge in [-0.1, -0.05) is 49.6 Å². The van der Waals surface area contributed by atoms with Gasteiger partial charge >= 0.3 is 0 Å². The van der Waals surface area contributed by atoms with Crippen molar-refractivity contribution in [3.05, 3.63) is 59.9 Å². The molecule has 0 bridgehead atoms. The summed E-state index contributed by atoms with van der Waals surface area (Å²) in [5, 5.41) is 3.08. The number of anilines is 1. The Labute approximate surface area is 147 Å². The number of hydrogen-bond donors (Lipinski definition) is 2. The summed E-state index contributed by atoms with van der Waals surface area (Å²) in [6.45, 7) is 0. The quantitative estimate of drug-likeness (QED) is 0.729. The molecule has 1 aliphatic rings. The highest BCUT2D eigenvalue weighted by atomic mass is 16.1. The molecule has 1 aliphatic carbocycles. The van der Waals surface area contributed by atoms with Crippen LogP contribution < -0.4 is 5.32 Å². The van der Waals surface area contributed by atoms with Gasteiger partial charge in [0.1, 0.15) is 5.82 Å². The first-order valence-corrected chi connectivity index (χ1v) is 9.11. The molecule has 0 atom stereocenters. The molecule has 4 nitrogen and oxygen atoms in total. The van der Waals surface area contributed by atoms with Gasteiger partial charge in [0.25, 0.3) is 0 Å². The predicted octanol–water partition coefficient (Wildman–Crippen LogP) is 4.67. The monoisotopic (exact) mass is 333 g/mol. The molecule has 128 valence electrons. The minimum atomic E-state index is 0.156. The van der Waals surface area contributed by atoms with Crippen molar-refractivity contribution in [1.29, 1.82) is 0 Å². The summed E-state index contributed by atoms with van der Waals surface area (Å²) >= 11 is 0. The molecule has 0 radical (unpaired) electrons. The molecule has 2 N–H and O–H groups in total. The number of aromatic nitrogens is 2. The maximum Gasteiger partial charge on any atom is 0.227 e. The van der Waals surface area contributed by atoms with Crippen LogP contribution in [-0.4, -0.2) is 15.9 Å². The molecule has 4 heteroatoms. The maximum atomic E-state index is 12.4. The van der Waals surface area contributed by atoms with Gasteiger partial charge < -0.3 is 10.3 Å². The van der Waals surface area contributed by atoms with Crippen molar-refractivity contribution in [2.45, 2.75) is 38.5 Å². The molecular formula is C21H23N3O. The van der Waals surface area contributed by atoms with Crippen molar-refractivity contribution >= 4 is 22.6 Å². The number of imidazole rings is 1. The number of carbonyl (C=O) groups is 1. The average Bonchev–Trinajstić information content (AvgIpc) is 3.04. The largest absolute Gasteiger partial charge is 0.342 e. The molecule has 25 heavy (non-hydrogen) atoms. The number of aromatic amines is 1. The molecule has 1 aromatic heterocycles. The Morgan fingerprint density at radius 1 is 1.08 bits per heavy atom. The zero-order valence-electron chi connectivity index (χ0n) is 14.3. The molecule has 2 aromatic carbocycles. The number of rotatable bonds is 4. The Morgan fingerprint density at radius 2 is 1.88 bits per heavy atom. The SMILES string of the molecule is O=C(Nc1ccc2nc(Cc3ccccc3)[nH]c2c1)C1CCCCC1. The standard InChI is InChI=1S/C21H23N3O/c25-21(16-9-5-2-6-10-16)22-17-11-12-18-19(14-17)24-20(23-18)13-15-7-3-1-4-8-15/h1,3-4,7-8,11-12,14,16H,2,5-6,9-10,13H2,(H,22,25)(H,23,24). The predicted molar refractivity (Wildman–Crippen MR) is 101 cm³/mol. The van der Waals surface area contributed by atoms with Gasteiger partial charge in [-0.2, -0.15) is 0 Å². The summed E-state index contributed by atoms with van der Waals surface area (Å²) in [5.74, 6) is 1.26. The van der Waals surface area contributed by atoms with Crippen molar-refractivity contribution in [3.8, 4) is 0 Å². The number of carbonyl (C=O) groups excluding carboxylic acids is 1. The minimum absolute atomic E-state index is 0.156. The van der Waals surface area contributed by atoms with E-state index in [-0.39, 0.29) is 11.8 Å². The normalized spacial score (nSPS) is 15.4. The summed E-state index contributed by atoms with van der Waals surface area (Å²) in [7, 11) is 0. The van der Waals surface area contributed by atoms with E-state index in [0.29, 0.717) is 0 Å². The van der Waals surface area contributed by atoms with Crippen LogP contribution in [0.15, 0.2) is 48.5 Å². The van der Waals surface area contributed by atoms with Crippen molar-refractivity contribution < 1.29 is 4.79 Å². The Bertz CT molecular complexity index is 863. The van der Waals surface area contributed by atoms with E-state index in [1.165, 1.54) is 24.8 Å². The van der Waals surface area contributed by atoms with Crippen LogP contribution in [0, 0.1) is 5.92 Å². The van der Waals surface area contributed by atoms with Crippen LogP contribution in [0.25, 0.3) is 11.0 Å². The highest BCUT2D eigenvalue weighted by molar-refractivity contribution is 5.94. The van der Waals surface area contributed by atoms with Crippen molar-refractivity contribution in [3.63, 3.8) is 0 Å². The van der Waals surface area contributed by atoms with Crippen LogP contribution in [0.5, 0.6) is 0 Å². The Kier molecular flexibility index (Phi) is 4.51. The third-order valence-electron chi connectivity index (χ3n) is 4.99. The smallest absolute Gasteiger partial charge is 0.227 e. The van der Waals surface area contributed by atoms with E-state index in [9.17, 15) is 4.79 Å². The van der Waals surface area contributed by atoms with Gasteiger partial charge in [-0.3, -0.25) is 4.79 Å². The van der Waals surface area contributed by atoms with Crippen LogP contribution >= 0.6 is 0 Å².